The number of carboxylic acids is 1. The molecule has 0 bridgehead atoms. The zero-order valence-electron chi connectivity index (χ0n) is 5.75. The smallest absolute Gasteiger partial charge is 0.565 e. The molecule has 0 heterocycles. The van der Waals surface area contributed by atoms with Crippen molar-refractivity contribution in [3.05, 3.63) is 0 Å². The Bertz CT molecular complexity index is 151. The monoisotopic (exact) mass is 198 g/mol. The van der Waals surface area contributed by atoms with Crippen LogP contribution in [0.15, 0.2) is 0 Å². The van der Waals surface area contributed by atoms with E-state index in [-0.39, 0.29) is 29.6 Å². The van der Waals surface area contributed by atoms with E-state index >= 15 is 0 Å². The average molecular weight is 198 g/mol. The van der Waals surface area contributed by atoms with Gasteiger partial charge in [0.1, 0.15) is 0 Å². The Labute approximate surface area is 86.1 Å². The molecule has 0 aliphatic rings. The summed E-state index contributed by atoms with van der Waals surface area (Å²) in [5.41, 5.74) is 0. The van der Waals surface area contributed by atoms with Crippen LogP contribution < -0.4 is 34.7 Å². The van der Waals surface area contributed by atoms with Gasteiger partial charge >= 0.3 is 41.7 Å². The summed E-state index contributed by atoms with van der Waals surface area (Å²) in [4.78, 5) is 17.3. The molecule has 0 fully saturated rings. The van der Waals surface area contributed by atoms with Crippen molar-refractivity contribution in [2.75, 3.05) is 0 Å². The van der Waals surface area contributed by atoms with E-state index in [1.165, 1.54) is 0 Å². The maximum atomic E-state index is 10.6. The van der Waals surface area contributed by atoms with Gasteiger partial charge in [0, 0.05) is 0 Å². The van der Waals surface area contributed by atoms with Gasteiger partial charge in [-0.25, -0.2) is 4.79 Å². The van der Waals surface area contributed by atoms with Crippen LogP contribution in [0.2, 0.25) is 0 Å². The van der Waals surface area contributed by atoms with E-state index in [4.69, 9.17) is 24.9 Å². The van der Waals surface area contributed by atoms with Crippen LogP contribution in [0.1, 0.15) is 0 Å². The summed E-state index contributed by atoms with van der Waals surface area (Å²) in [7, 11) is 0. The predicted molar refractivity (Wildman–Crippen MR) is 21.7 cm³/mol. The van der Waals surface area contributed by atoms with Crippen LogP contribution in [-0.2, 0) is 4.79 Å². The van der Waals surface area contributed by atoms with Gasteiger partial charge in [-0.05, 0) is 0 Å². The van der Waals surface area contributed by atoms with Crippen LogP contribution in [0.5, 0.6) is 0 Å². The maximum absolute atomic E-state index is 10.6. The molecule has 0 aliphatic heterocycles. The minimum atomic E-state index is -5.08. The number of hydrogen-bond acceptors (Lipinski definition) is 3. The molecule has 2 N–H and O–H groups in total. The van der Waals surface area contributed by atoms with Crippen molar-refractivity contribution in [2.24, 2.45) is 0 Å². The van der Waals surface area contributed by atoms with Gasteiger partial charge in [-0.15, -0.1) is 0 Å². The van der Waals surface area contributed by atoms with Crippen molar-refractivity contribution in [3.8, 4) is 0 Å². The predicted octanol–water partition coefficient (Wildman–Crippen LogP) is -3.47. The number of carbonyl (C=O) groups is 2. The van der Waals surface area contributed by atoms with Gasteiger partial charge in [-0.2, -0.15) is 13.2 Å². The fourth-order valence-electron chi connectivity index (χ4n) is 0. The fraction of sp³-hybridized carbons (Fsp3) is 0.333. The molecule has 0 spiro atoms. The molecule has 0 aromatic carbocycles. The van der Waals surface area contributed by atoms with Crippen molar-refractivity contribution in [2.45, 2.75) is 6.18 Å². The third-order valence-corrected chi connectivity index (χ3v) is 0.243. The molecular weight excluding hydrogens is 196 g/mol. The van der Waals surface area contributed by atoms with Gasteiger partial charge in [0.2, 0.25) is 6.16 Å². The van der Waals surface area contributed by atoms with E-state index in [9.17, 15) is 13.2 Å². The molecule has 0 radical (unpaired) electrons. The third kappa shape index (κ3) is 22.7. The topological polar surface area (TPSA) is 97.7 Å². The minimum Gasteiger partial charge on any atom is -0.565 e. The van der Waals surface area contributed by atoms with Crippen molar-refractivity contribution >= 4 is 12.1 Å². The first-order chi connectivity index (χ1) is 4.68. The van der Waals surface area contributed by atoms with Crippen LogP contribution in [-0.4, -0.2) is 28.5 Å². The Morgan fingerprint density at radius 1 is 1.17 bits per heavy atom. The molecule has 0 atom stereocenters. The van der Waals surface area contributed by atoms with Crippen molar-refractivity contribution < 1.29 is 67.6 Å². The molecule has 66 valence electrons. The second kappa shape index (κ2) is 7.19. The van der Waals surface area contributed by atoms with Gasteiger partial charge in [0.05, 0.1) is 0 Å². The maximum Gasteiger partial charge on any atom is 1.00 e. The molecule has 0 aromatic heterocycles. The standard InChI is InChI=1S/C2HF3O2.CH2O3.Na/c3-2(4,5)1(6)7;2-1(3)4;/h(H,6,7);(H2,2,3,4);/q;;+1/p-1. The Hall–Kier alpha value is -0.470. The molecule has 0 aromatic rings. The normalized spacial score (nSPS) is 8.58. The molecule has 5 nitrogen and oxygen atoms in total. The van der Waals surface area contributed by atoms with Crippen LogP contribution in [0.25, 0.3) is 0 Å². The van der Waals surface area contributed by atoms with Crippen LogP contribution in [0.4, 0.5) is 18.0 Å². The first-order valence-electron chi connectivity index (χ1n) is 1.88. The van der Waals surface area contributed by atoms with E-state index in [0.29, 0.717) is 0 Å². The molecule has 0 rings (SSSR count). The van der Waals surface area contributed by atoms with E-state index in [0.717, 1.165) is 0 Å². The van der Waals surface area contributed by atoms with Crippen molar-refractivity contribution in [1.29, 1.82) is 0 Å². The second-order valence-corrected chi connectivity index (χ2v) is 1.07. The second-order valence-electron chi connectivity index (χ2n) is 1.07. The number of hydrogen-bond donors (Lipinski definition) is 2. The summed E-state index contributed by atoms with van der Waals surface area (Å²) in [5, 5.41) is 22.4. The van der Waals surface area contributed by atoms with Crippen LogP contribution in [0, 0.1) is 0 Å². The first kappa shape index (κ1) is 17.6. The molecule has 0 amide bonds. The zero-order chi connectivity index (χ0) is 9.65. The Balaban J connectivity index is -0.000000142. The van der Waals surface area contributed by atoms with E-state index in [1.807, 2.05) is 0 Å². The summed E-state index contributed by atoms with van der Waals surface area (Å²) in [6.07, 6.45) is -7.17. The number of carboxylic acid groups (broad SMARTS) is 3. The molecule has 12 heavy (non-hydrogen) atoms. The number of alkyl halides is 3. The van der Waals surface area contributed by atoms with Gasteiger partial charge in [0.15, 0.2) is 0 Å². The van der Waals surface area contributed by atoms with Gasteiger partial charge in [-0.1, -0.05) is 0 Å². The van der Waals surface area contributed by atoms with Crippen molar-refractivity contribution in [1.82, 2.24) is 0 Å². The summed E-state index contributed by atoms with van der Waals surface area (Å²) in [5.74, 6) is -2.76. The summed E-state index contributed by atoms with van der Waals surface area (Å²) in [6.45, 7) is 0. The number of aliphatic carboxylic acids is 1. The first-order valence-corrected chi connectivity index (χ1v) is 1.88. The number of rotatable bonds is 0. The molecule has 0 saturated carbocycles. The summed E-state index contributed by atoms with van der Waals surface area (Å²) >= 11 is 0. The zero-order valence-corrected chi connectivity index (χ0v) is 7.75. The minimum absolute atomic E-state index is 0. The fourth-order valence-corrected chi connectivity index (χ4v) is 0. The Kier molecular flexibility index (Phi) is 10.5. The average Bonchev–Trinajstić information content (AvgIpc) is 1.59. The van der Waals surface area contributed by atoms with E-state index in [2.05, 4.69) is 0 Å². The SMILES string of the molecule is O=C(O)C(F)(F)F.O=C([O-])O.[Na+]. The molecule has 0 aliphatic carbocycles. The summed E-state index contributed by atoms with van der Waals surface area (Å²) in [6, 6.07) is 0. The molecule has 0 saturated heterocycles. The van der Waals surface area contributed by atoms with E-state index < -0.39 is 18.3 Å². The molecular formula is C3H2F3NaO5. The van der Waals surface area contributed by atoms with Gasteiger partial charge in [-0.3, -0.25) is 0 Å². The largest absolute Gasteiger partial charge is 1.00 e. The summed E-state index contributed by atoms with van der Waals surface area (Å²) < 4.78 is 31.7. The van der Waals surface area contributed by atoms with Crippen LogP contribution >= 0.6 is 0 Å². The van der Waals surface area contributed by atoms with E-state index in [1.54, 1.807) is 0 Å². The third-order valence-electron chi connectivity index (χ3n) is 0.243. The number of halogens is 3. The van der Waals surface area contributed by atoms with Crippen LogP contribution in [0.3, 0.4) is 0 Å². The Morgan fingerprint density at radius 2 is 1.25 bits per heavy atom. The van der Waals surface area contributed by atoms with Gasteiger partial charge < -0.3 is 20.1 Å². The quantitative estimate of drug-likeness (QED) is 0.394. The molecule has 0 unspecified atom stereocenters. The Morgan fingerprint density at radius 3 is 1.25 bits per heavy atom. The van der Waals surface area contributed by atoms with Crippen molar-refractivity contribution in [3.63, 3.8) is 0 Å². The van der Waals surface area contributed by atoms with Gasteiger partial charge in [0.25, 0.3) is 0 Å². The molecule has 9 heteroatoms.